The minimum absolute atomic E-state index is 0.197. The number of ether oxygens (including phenoxy) is 2. The van der Waals surface area contributed by atoms with Crippen LogP contribution in [-0.2, 0) is 0 Å². The number of methoxy groups -OCH3 is 2. The molecular weight excluding hydrogens is 399 g/mol. The number of nitrogens with two attached hydrogens (primary N) is 1. The lowest BCUT2D eigenvalue weighted by Crippen LogP contribution is -2.35. The number of hydrogen-bond acceptors (Lipinski definition) is 6. The summed E-state index contributed by atoms with van der Waals surface area (Å²) in [5.74, 6) is 1.79. The van der Waals surface area contributed by atoms with E-state index in [1.807, 2.05) is 0 Å². The number of hydrogen-bond donors (Lipinski definition) is 2. The summed E-state index contributed by atoms with van der Waals surface area (Å²) in [7, 11) is 3.00. The van der Waals surface area contributed by atoms with Crippen LogP contribution in [0.3, 0.4) is 0 Å². The van der Waals surface area contributed by atoms with E-state index in [1.54, 1.807) is 30.5 Å². The fourth-order valence-electron chi connectivity index (χ4n) is 3.77. The first-order valence-electron chi connectivity index (χ1n) is 9.46. The molecule has 2 aliphatic rings. The Bertz CT molecular complexity index is 1010. The van der Waals surface area contributed by atoms with Gasteiger partial charge < -0.3 is 20.5 Å². The predicted molar refractivity (Wildman–Crippen MR) is 107 cm³/mol. The van der Waals surface area contributed by atoms with Gasteiger partial charge in [0.05, 0.1) is 31.8 Å². The molecule has 1 aromatic heterocycles. The standard InChI is InChI=1S/C20H22F3N5O2/c1-29-15-5-3-11(7-16(15)30-2)13-8-17(20(21,22)23)28-19(26-13)9-14(27-28)12-4-6-18(24)25-10-12/h3,5,7,9-10,13,17,26H,4,6,8H2,1-2H3,(H2,24,25). The van der Waals surface area contributed by atoms with E-state index in [9.17, 15) is 13.2 Å². The molecule has 0 bridgehead atoms. The van der Waals surface area contributed by atoms with Crippen LogP contribution in [0.15, 0.2) is 35.5 Å². The lowest BCUT2D eigenvalue weighted by Gasteiger charge is -2.33. The first-order chi connectivity index (χ1) is 14.3. The first-order valence-corrected chi connectivity index (χ1v) is 9.46. The van der Waals surface area contributed by atoms with Crippen LogP contribution in [0.1, 0.15) is 42.6 Å². The number of benzene rings is 1. The zero-order chi connectivity index (χ0) is 21.5. The number of fused-ring (bicyclic) bond motifs is 1. The van der Waals surface area contributed by atoms with Crippen molar-refractivity contribution in [2.45, 2.75) is 37.5 Å². The number of amidine groups is 1. The monoisotopic (exact) mass is 421 g/mol. The minimum Gasteiger partial charge on any atom is -0.493 e. The average Bonchev–Trinajstić information content (AvgIpc) is 3.16. The molecule has 2 aromatic rings. The molecule has 0 fully saturated rings. The van der Waals surface area contributed by atoms with Crippen molar-refractivity contribution in [3.05, 3.63) is 41.7 Å². The second-order valence-corrected chi connectivity index (χ2v) is 7.24. The molecule has 1 aromatic carbocycles. The van der Waals surface area contributed by atoms with E-state index in [2.05, 4.69) is 15.4 Å². The number of nitrogens with one attached hydrogen (secondary N) is 1. The van der Waals surface area contributed by atoms with Gasteiger partial charge >= 0.3 is 6.18 Å². The maximum Gasteiger partial charge on any atom is 0.410 e. The second kappa shape index (κ2) is 7.58. The van der Waals surface area contributed by atoms with Crippen LogP contribution in [0.2, 0.25) is 0 Å². The van der Waals surface area contributed by atoms with Crippen molar-refractivity contribution in [3.63, 3.8) is 0 Å². The Balaban J connectivity index is 1.71. The van der Waals surface area contributed by atoms with Gasteiger partial charge in [-0.1, -0.05) is 6.07 Å². The van der Waals surface area contributed by atoms with E-state index in [0.717, 1.165) is 10.3 Å². The molecule has 160 valence electrons. The summed E-state index contributed by atoms with van der Waals surface area (Å²) in [5, 5.41) is 7.44. The van der Waals surface area contributed by atoms with Gasteiger partial charge in [0.25, 0.3) is 0 Å². The van der Waals surface area contributed by atoms with Gasteiger partial charge in [-0.2, -0.15) is 18.3 Å². The number of aromatic nitrogens is 2. The van der Waals surface area contributed by atoms with Gasteiger partial charge in [-0.15, -0.1) is 0 Å². The van der Waals surface area contributed by atoms with Crippen molar-refractivity contribution in [2.24, 2.45) is 10.7 Å². The fraction of sp³-hybridized carbons (Fsp3) is 0.400. The lowest BCUT2D eigenvalue weighted by molar-refractivity contribution is -0.173. The molecule has 7 nitrogen and oxygen atoms in total. The van der Waals surface area contributed by atoms with Gasteiger partial charge in [0.2, 0.25) is 0 Å². The number of nitrogens with zero attached hydrogens (tertiary/aromatic N) is 3. The Morgan fingerprint density at radius 1 is 1.13 bits per heavy atom. The largest absolute Gasteiger partial charge is 0.493 e. The van der Waals surface area contributed by atoms with Crippen LogP contribution >= 0.6 is 0 Å². The van der Waals surface area contributed by atoms with Crippen molar-refractivity contribution >= 4 is 17.2 Å². The highest BCUT2D eigenvalue weighted by Gasteiger charge is 2.46. The number of allylic oxidation sites excluding steroid dienone is 1. The topological polar surface area (TPSA) is 86.7 Å². The van der Waals surface area contributed by atoms with Gasteiger partial charge in [0.15, 0.2) is 17.5 Å². The van der Waals surface area contributed by atoms with E-state index < -0.39 is 18.3 Å². The van der Waals surface area contributed by atoms with Crippen LogP contribution in [0.5, 0.6) is 11.5 Å². The van der Waals surface area contributed by atoms with Crippen molar-refractivity contribution in [1.29, 1.82) is 0 Å². The molecule has 2 atom stereocenters. The summed E-state index contributed by atoms with van der Waals surface area (Å²) in [4.78, 5) is 4.07. The van der Waals surface area contributed by atoms with E-state index in [4.69, 9.17) is 15.2 Å². The normalized spacial score (nSPS) is 21.2. The molecule has 2 aliphatic heterocycles. The van der Waals surface area contributed by atoms with E-state index in [0.29, 0.717) is 47.3 Å². The highest BCUT2D eigenvalue weighted by molar-refractivity contribution is 5.86. The molecule has 0 spiro atoms. The molecule has 0 radical (unpaired) electrons. The summed E-state index contributed by atoms with van der Waals surface area (Å²) in [6.45, 7) is 0. The summed E-state index contributed by atoms with van der Waals surface area (Å²) in [6.07, 6.45) is -1.93. The van der Waals surface area contributed by atoms with E-state index in [1.165, 1.54) is 14.2 Å². The van der Waals surface area contributed by atoms with Gasteiger partial charge in [-0.05, 0) is 29.7 Å². The van der Waals surface area contributed by atoms with Gasteiger partial charge in [0, 0.05) is 25.1 Å². The summed E-state index contributed by atoms with van der Waals surface area (Å²) in [5.41, 5.74) is 7.58. The van der Waals surface area contributed by atoms with Crippen LogP contribution in [0.4, 0.5) is 19.0 Å². The Hall–Kier alpha value is -3.17. The molecule has 0 aliphatic carbocycles. The van der Waals surface area contributed by atoms with Crippen LogP contribution in [0.25, 0.3) is 5.57 Å². The highest BCUT2D eigenvalue weighted by atomic mass is 19.4. The fourth-order valence-corrected chi connectivity index (χ4v) is 3.77. The van der Waals surface area contributed by atoms with Crippen molar-refractivity contribution in [2.75, 3.05) is 19.5 Å². The minimum atomic E-state index is -4.45. The Kier molecular flexibility index (Phi) is 5.08. The van der Waals surface area contributed by atoms with Gasteiger partial charge in [-0.25, -0.2) is 9.67 Å². The molecular formula is C20H22F3N5O2. The van der Waals surface area contributed by atoms with E-state index in [-0.39, 0.29) is 6.42 Å². The smallest absolute Gasteiger partial charge is 0.410 e. The number of halogens is 3. The molecule has 3 N–H and O–H groups in total. The first kappa shape index (κ1) is 20.1. The Morgan fingerprint density at radius 2 is 1.90 bits per heavy atom. The Morgan fingerprint density at radius 3 is 2.53 bits per heavy atom. The molecule has 30 heavy (non-hydrogen) atoms. The molecule has 0 saturated heterocycles. The van der Waals surface area contributed by atoms with E-state index >= 15 is 0 Å². The van der Waals surface area contributed by atoms with Gasteiger partial charge in [0.1, 0.15) is 5.82 Å². The highest BCUT2D eigenvalue weighted by Crippen LogP contribution is 2.45. The molecule has 10 heteroatoms. The Labute approximate surface area is 171 Å². The number of alkyl halides is 3. The zero-order valence-corrected chi connectivity index (χ0v) is 16.5. The molecule has 0 amide bonds. The van der Waals surface area contributed by atoms with Crippen LogP contribution in [0, 0.1) is 0 Å². The third-order valence-electron chi connectivity index (χ3n) is 5.37. The van der Waals surface area contributed by atoms with Gasteiger partial charge in [-0.3, -0.25) is 0 Å². The lowest BCUT2D eigenvalue weighted by atomic mass is 9.96. The van der Waals surface area contributed by atoms with Crippen molar-refractivity contribution in [3.8, 4) is 11.5 Å². The summed E-state index contributed by atoms with van der Waals surface area (Å²) in [6, 6.07) is 4.43. The summed E-state index contributed by atoms with van der Waals surface area (Å²) >= 11 is 0. The molecule has 3 heterocycles. The second-order valence-electron chi connectivity index (χ2n) is 7.24. The maximum absolute atomic E-state index is 13.9. The quantitative estimate of drug-likeness (QED) is 0.778. The average molecular weight is 421 g/mol. The third-order valence-corrected chi connectivity index (χ3v) is 5.37. The zero-order valence-electron chi connectivity index (χ0n) is 16.5. The van der Waals surface area contributed by atoms with Crippen LogP contribution < -0.4 is 20.5 Å². The molecule has 4 rings (SSSR count). The van der Waals surface area contributed by atoms with Crippen molar-refractivity contribution < 1.29 is 22.6 Å². The number of anilines is 1. The summed E-state index contributed by atoms with van der Waals surface area (Å²) < 4.78 is 53.2. The van der Waals surface area contributed by atoms with Crippen LogP contribution in [-0.4, -0.2) is 36.0 Å². The predicted octanol–water partition coefficient (Wildman–Crippen LogP) is 4.05. The maximum atomic E-state index is 13.9. The molecule has 2 unspecified atom stereocenters. The SMILES string of the molecule is COc1ccc(C2CC(C(F)(F)F)n3nc(C4=CN=C(N)CC4)cc3N2)cc1OC. The number of rotatable bonds is 4. The third kappa shape index (κ3) is 3.69. The molecule has 0 saturated carbocycles. The van der Waals surface area contributed by atoms with Crippen molar-refractivity contribution in [1.82, 2.24) is 9.78 Å². The number of aliphatic imine (C=N–C) groups is 1.